The van der Waals surface area contributed by atoms with Crippen LogP contribution in [0.5, 0.6) is 11.5 Å². The van der Waals surface area contributed by atoms with E-state index in [9.17, 15) is 10.2 Å². The normalized spacial score (nSPS) is 10.0. The van der Waals surface area contributed by atoms with E-state index >= 15 is 0 Å². The zero-order chi connectivity index (χ0) is 17.1. The average Bonchev–Trinajstić information content (AvgIpc) is 2.57. The van der Waals surface area contributed by atoms with Crippen LogP contribution >= 0.6 is 0 Å². The van der Waals surface area contributed by atoms with Gasteiger partial charge in [-0.15, -0.1) is 0 Å². The number of aromatic hydroxyl groups is 2. The number of phenols is 2. The minimum Gasteiger partial charge on any atom is -1.00 e. The molecule has 0 amide bonds. The maximum Gasteiger partial charge on any atom is 2.00 e. The predicted molar refractivity (Wildman–Crippen MR) is 104 cm³/mol. The second-order valence-electron chi connectivity index (χ2n) is 5.60. The van der Waals surface area contributed by atoms with Gasteiger partial charge in [0.25, 0.3) is 0 Å². The van der Waals surface area contributed by atoms with E-state index in [-0.39, 0.29) is 24.5 Å². The number of phenolic OH excluding ortho intramolecular Hbond substituents is 2. The quantitative estimate of drug-likeness (QED) is 0.471. The van der Waals surface area contributed by atoms with E-state index in [0.29, 0.717) is 11.0 Å². The Bertz CT molecular complexity index is 946. The van der Waals surface area contributed by atoms with E-state index in [1.165, 1.54) is 0 Å². The van der Waals surface area contributed by atoms with Crippen LogP contribution in [-0.4, -0.2) is 30.3 Å². The van der Waals surface area contributed by atoms with Gasteiger partial charge in [0.05, 0.1) is 0 Å². The molecule has 0 spiro atoms. The monoisotopic (exact) mass is 329 g/mol. The summed E-state index contributed by atoms with van der Waals surface area (Å²) in [6.45, 7) is 3.82. The van der Waals surface area contributed by atoms with E-state index in [2.05, 4.69) is 9.97 Å². The molecule has 2 heterocycles. The van der Waals surface area contributed by atoms with Crippen molar-refractivity contribution in [1.82, 2.24) is 9.97 Å². The van der Waals surface area contributed by atoms with Crippen molar-refractivity contribution < 1.29 is 13.1 Å². The van der Waals surface area contributed by atoms with E-state index in [0.717, 1.165) is 22.2 Å². The first-order valence-electron chi connectivity index (χ1n) is 7.65. The van der Waals surface area contributed by atoms with Crippen molar-refractivity contribution in [2.75, 3.05) is 0 Å². The molecule has 0 fully saturated rings. The molecule has 124 valence electrons. The number of aryl methyl sites for hydroxylation is 2. The molecule has 4 nitrogen and oxygen atoms in total. The minimum atomic E-state index is 0. The van der Waals surface area contributed by atoms with Crippen molar-refractivity contribution in [3.8, 4) is 11.5 Å². The molecule has 0 aliphatic rings. The van der Waals surface area contributed by atoms with Crippen LogP contribution < -0.4 is 0 Å². The Labute approximate surface area is 153 Å². The second-order valence-corrected chi connectivity index (χ2v) is 5.60. The third-order valence-corrected chi connectivity index (χ3v) is 3.68. The first kappa shape index (κ1) is 18.4. The predicted octanol–water partition coefficient (Wildman–Crippen LogP) is 4.34. The van der Waals surface area contributed by atoms with Crippen molar-refractivity contribution in [2.24, 2.45) is 0 Å². The zero-order valence-electron chi connectivity index (χ0n) is 16.3. The molecular weight excluding hydrogens is 309 g/mol. The molecule has 25 heavy (non-hydrogen) atoms. The Kier molecular flexibility index (Phi) is 5.68. The summed E-state index contributed by atoms with van der Waals surface area (Å²) >= 11 is 0. The smallest absolute Gasteiger partial charge is 1.00 e. The molecule has 0 atom stereocenters. The first-order valence-corrected chi connectivity index (χ1v) is 7.65. The summed E-state index contributed by atoms with van der Waals surface area (Å²) in [6.07, 6.45) is 0. The molecular formula is C20H20BeN2O2. The Morgan fingerprint density at radius 2 is 1.04 bits per heavy atom. The number of rotatable bonds is 0. The number of benzene rings is 2. The number of pyridine rings is 2. The van der Waals surface area contributed by atoms with Crippen molar-refractivity contribution in [2.45, 2.75) is 13.8 Å². The van der Waals surface area contributed by atoms with Crippen LogP contribution in [-0.2, 0) is 0 Å². The summed E-state index contributed by atoms with van der Waals surface area (Å²) in [6, 6.07) is 18.6. The van der Waals surface area contributed by atoms with Crippen molar-refractivity contribution in [3.05, 3.63) is 72.1 Å². The van der Waals surface area contributed by atoms with Gasteiger partial charge in [-0.25, -0.2) is 9.97 Å². The number of fused-ring (bicyclic) bond motifs is 2. The molecule has 0 unspecified atom stereocenters. The fourth-order valence-electron chi connectivity index (χ4n) is 2.46. The van der Waals surface area contributed by atoms with Gasteiger partial charge >= 0.3 is 10.1 Å². The van der Waals surface area contributed by atoms with Gasteiger partial charge in [0.2, 0.25) is 0 Å². The molecule has 0 bridgehead atoms. The van der Waals surface area contributed by atoms with Crippen LogP contribution in [0.15, 0.2) is 60.7 Å². The average molecular weight is 329 g/mol. The minimum absolute atomic E-state index is 0. The van der Waals surface area contributed by atoms with Gasteiger partial charge in [0.15, 0.2) is 0 Å². The van der Waals surface area contributed by atoms with Gasteiger partial charge in [-0.3, -0.25) is 0 Å². The molecule has 4 rings (SSSR count). The third-order valence-electron chi connectivity index (χ3n) is 3.68. The molecule has 2 aromatic heterocycles. The van der Waals surface area contributed by atoms with Crippen molar-refractivity contribution in [3.63, 3.8) is 0 Å². The van der Waals surface area contributed by atoms with Crippen LogP contribution in [0.25, 0.3) is 21.8 Å². The van der Waals surface area contributed by atoms with Crippen LogP contribution in [0, 0.1) is 13.8 Å². The molecule has 2 N–H and O–H groups in total. The van der Waals surface area contributed by atoms with Gasteiger partial charge in [0, 0.05) is 22.2 Å². The number of hydrogen-bond acceptors (Lipinski definition) is 4. The zero-order valence-corrected chi connectivity index (χ0v) is 14.3. The Balaban J connectivity index is 0.000000451. The molecule has 4 aromatic rings. The van der Waals surface area contributed by atoms with E-state index < -0.39 is 0 Å². The second kappa shape index (κ2) is 7.73. The topological polar surface area (TPSA) is 66.2 Å². The Morgan fingerprint density at radius 1 is 0.640 bits per heavy atom. The maximum atomic E-state index is 9.43. The van der Waals surface area contributed by atoms with Crippen LogP contribution in [0.2, 0.25) is 0 Å². The summed E-state index contributed by atoms with van der Waals surface area (Å²) < 4.78 is 0. The molecule has 0 radical (unpaired) electrons. The largest absolute Gasteiger partial charge is 2.00 e. The first-order chi connectivity index (χ1) is 11.5. The van der Waals surface area contributed by atoms with Gasteiger partial charge in [-0.1, -0.05) is 36.4 Å². The van der Waals surface area contributed by atoms with E-state index in [1.807, 2.05) is 62.4 Å². The van der Waals surface area contributed by atoms with Gasteiger partial charge < -0.3 is 13.1 Å². The molecule has 2 aromatic carbocycles. The number of aromatic nitrogens is 2. The summed E-state index contributed by atoms with van der Waals surface area (Å²) in [4.78, 5) is 8.45. The Morgan fingerprint density at radius 3 is 1.44 bits per heavy atom. The van der Waals surface area contributed by atoms with Crippen molar-refractivity contribution in [1.29, 1.82) is 0 Å². The maximum absolute atomic E-state index is 9.43. The molecule has 0 saturated carbocycles. The summed E-state index contributed by atoms with van der Waals surface area (Å²) in [5.41, 5.74) is 3.20. The SMILES string of the molecule is Cc1ccc2cccc(O)c2n1.Cc1ccc2cccc(O)c2n1.[Be+2].[H-].[H-]. The van der Waals surface area contributed by atoms with E-state index in [1.54, 1.807) is 12.1 Å². The fourth-order valence-corrected chi connectivity index (χ4v) is 2.46. The van der Waals surface area contributed by atoms with Crippen molar-refractivity contribution >= 4 is 31.9 Å². The number of para-hydroxylation sites is 2. The fraction of sp³-hybridized carbons (Fsp3) is 0.100. The standard InChI is InChI=1S/2C10H9NO.Be.2H/c2*1-7-5-6-8-3-2-4-9(12)10(8)11-7;;;/h2*2-6,12H,1H3;;;/q;;+2;2*-1. The Hall–Kier alpha value is -2.97. The number of nitrogens with zero attached hydrogens (tertiary/aromatic N) is 2. The summed E-state index contributed by atoms with van der Waals surface area (Å²) in [5.74, 6) is 0.493. The summed E-state index contributed by atoms with van der Waals surface area (Å²) in [7, 11) is 0. The van der Waals surface area contributed by atoms with Crippen LogP contribution in [0.3, 0.4) is 0 Å². The van der Waals surface area contributed by atoms with Crippen LogP contribution in [0.1, 0.15) is 14.2 Å². The van der Waals surface area contributed by atoms with Gasteiger partial charge in [-0.2, -0.15) is 0 Å². The van der Waals surface area contributed by atoms with Gasteiger partial charge in [-0.05, 0) is 38.1 Å². The van der Waals surface area contributed by atoms with Gasteiger partial charge in [0.1, 0.15) is 22.5 Å². The third kappa shape index (κ3) is 4.11. The van der Waals surface area contributed by atoms with E-state index in [4.69, 9.17) is 0 Å². The molecule has 0 aliphatic heterocycles. The molecule has 0 aliphatic carbocycles. The summed E-state index contributed by atoms with van der Waals surface area (Å²) in [5, 5.41) is 20.8. The number of hydrogen-bond donors (Lipinski definition) is 2. The molecule has 0 saturated heterocycles. The molecule has 5 heteroatoms. The van der Waals surface area contributed by atoms with Crippen LogP contribution in [0.4, 0.5) is 0 Å².